The number of hydrogen-bond acceptors (Lipinski definition) is 3. The van der Waals surface area contributed by atoms with E-state index in [-0.39, 0.29) is 17.9 Å². The molecule has 0 saturated carbocycles. The van der Waals surface area contributed by atoms with Gasteiger partial charge in [0.05, 0.1) is 16.6 Å². The van der Waals surface area contributed by atoms with E-state index in [4.69, 9.17) is 4.74 Å². The van der Waals surface area contributed by atoms with Crippen LogP contribution in [0.3, 0.4) is 0 Å². The third kappa shape index (κ3) is 3.38. The number of para-hydroxylation sites is 1. The summed E-state index contributed by atoms with van der Waals surface area (Å²) in [4.78, 5) is 30.3. The fourth-order valence-corrected chi connectivity index (χ4v) is 4.23. The van der Waals surface area contributed by atoms with E-state index in [1.165, 1.54) is 4.90 Å². The minimum Gasteiger partial charge on any atom is -0.487 e. The Bertz CT molecular complexity index is 1240. The molecule has 0 unspecified atom stereocenters. The van der Waals surface area contributed by atoms with Gasteiger partial charge in [0.15, 0.2) is 0 Å². The predicted octanol–water partition coefficient (Wildman–Crippen LogP) is 4.97. The summed E-state index contributed by atoms with van der Waals surface area (Å²) in [7, 11) is 0. The molecule has 1 aromatic heterocycles. The van der Waals surface area contributed by atoms with Gasteiger partial charge in [-0.3, -0.25) is 14.5 Å². The lowest BCUT2D eigenvalue weighted by atomic mass is 10.0. The van der Waals surface area contributed by atoms with Crippen LogP contribution >= 0.6 is 0 Å². The van der Waals surface area contributed by atoms with Crippen LogP contribution in [-0.2, 0) is 13.0 Å². The highest BCUT2D eigenvalue weighted by atomic mass is 16.5. The number of aromatic amines is 1. The van der Waals surface area contributed by atoms with Crippen LogP contribution in [0.2, 0.25) is 0 Å². The third-order valence-electron chi connectivity index (χ3n) is 5.78. The molecule has 3 aromatic carbocycles. The maximum Gasteiger partial charge on any atom is 0.261 e. The SMILES string of the molecule is C[C@H](Cc1c[nH]c2c(OCc3ccccc3)cccc12)N1C(=O)c2ccccc2C1=O. The van der Waals surface area contributed by atoms with Gasteiger partial charge in [-0.25, -0.2) is 0 Å². The Morgan fingerprint density at radius 1 is 0.871 bits per heavy atom. The maximum atomic E-state index is 12.8. The summed E-state index contributed by atoms with van der Waals surface area (Å²) in [5.41, 5.74) is 4.03. The number of carbonyl (C=O) groups excluding carboxylic acids is 2. The first-order chi connectivity index (χ1) is 15.1. The van der Waals surface area contributed by atoms with Crippen molar-refractivity contribution in [1.82, 2.24) is 9.88 Å². The Morgan fingerprint density at radius 2 is 1.55 bits per heavy atom. The lowest BCUT2D eigenvalue weighted by Gasteiger charge is -2.22. The number of benzene rings is 3. The van der Waals surface area contributed by atoms with E-state index in [2.05, 4.69) is 4.98 Å². The fraction of sp³-hybridized carbons (Fsp3) is 0.154. The van der Waals surface area contributed by atoms with Gasteiger partial charge in [0.1, 0.15) is 12.4 Å². The number of fused-ring (bicyclic) bond motifs is 2. The van der Waals surface area contributed by atoms with Gasteiger partial charge in [0.2, 0.25) is 0 Å². The molecule has 31 heavy (non-hydrogen) atoms. The van der Waals surface area contributed by atoms with Gasteiger partial charge in [-0.1, -0.05) is 54.6 Å². The smallest absolute Gasteiger partial charge is 0.261 e. The number of ether oxygens (including phenoxy) is 1. The van der Waals surface area contributed by atoms with Crippen molar-refractivity contribution in [1.29, 1.82) is 0 Å². The van der Waals surface area contributed by atoms with Crippen LogP contribution in [0, 0.1) is 0 Å². The van der Waals surface area contributed by atoms with Crippen LogP contribution in [-0.4, -0.2) is 27.7 Å². The number of nitrogens with one attached hydrogen (secondary N) is 1. The summed E-state index contributed by atoms with van der Waals surface area (Å²) in [5.74, 6) is 0.334. The summed E-state index contributed by atoms with van der Waals surface area (Å²) in [6.07, 6.45) is 2.50. The number of aromatic nitrogens is 1. The molecular formula is C26H22N2O3. The number of rotatable bonds is 6. The third-order valence-corrected chi connectivity index (χ3v) is 5.78. The second-order valence-electron chi connectivity index (χ2n) is 7.85. The van der Waals surface area contributed by atoms with Crippen molar-refractivity contribution in [2.75, 3.05) is 0 Å². The van der Waals surface area contributed by atoms with Gasteiger partial charge in [0.25, 0.3) is 11.8 Å². The lowest BCUT2D eigenvalue weighted by Crippen LogP contribution is -2.39. The fourth-order valence-electron chi connectivity index (χ4n) is 4.23. The molecule has 0 aliphatic carbocycles. The zero-order chi connectivity index (χ0) is 21.4. The lowest BCUT2D eigenvalue weighted by molar-refractivity contribution is 0.0597. The molecule has 0 radical (unpaired) electrons. The molecule has 1 aliphatic rings. The number of amides is 2. The van der Waals surface area contributed by atoms with E-state index in [9.17, 15) is 9.59 Å². The van der Waals surface area contributed by atoms with Crippen molar-refractivity contribution < 1.29 is 14.3 Å². The molecule has 154 valence electrons. The van der Waals surface area contributed by atoms with Crippen LogP contribution in [0.25, 0.3) is 10.9 Å². The largest absolute Gasteiger partial charge is 0.487 e. The number of hydrogen-bond donors (Lipinski definition) is 1. The van der Waals surface area contributed by atoms with E-state index >= 15 is 0 Å². The monoisotopic (exact) mass is 410 g/mol. The highest BCUT2D eigenvalue weighted by molar-refractivity contribution is 6.21. The maximum absolute atomic E-state index is 12.8. The van der Waals surface area contributed by atoms with Crippen molar-refractivity contribution >= 4 is 22.7 Å². The summed E-state index contributed by atoms with van der Waals surface area (Å²) in [5, 5.41) is 1.04. The normalized spacial score (nSPS) is 14.2. The molecule has 5 rings (SSSR count). The van der Waals surface area contributed by atoms with Crippen molar-refractivity contribution in [3.63, 3.8) is 0 Å². The highest BCUT2D eigenvalue weighted by Crippen LogP contribution is 2.31. The second kappa shape index (κ2) is 7.76. The summed E-state index contributed by atoms with van der Waals surface area (Å²) in [6.45, 7) is 2.40. The highest BCUT2D eigenvalue weighted by Gasteiger charge is 2.38. The van der Waals surface area contributed by atoms with Crippen LogP contribution in [0.15, 0.2) is 79.0 Å². The Hall–Kier alpha value is -3.86. The molecule has 5 nitrogen and oxygen atoms in total. The van der Waals surface area contributed by atoms with Gasteiger partial charge in [0, 0.05) is 17.6 Å². The number of nitrogens with zero attached hydrogens (tertiary/aromatic N) is 1. The van der Waals surface area contributed by atoms with Crippen LogP contribution in [0.5, 0.6) is 5.75 Å². The first kappa shape index (κ1) is 19.1. The molecule has 1 N–H and O–H groups in total. The van der Waals surface area contributed by atoms with Crippen molar-refractivity contribution in [2.24, 2.45) is 0 Å². The van der Waals surface area contributed by atoms with Crippen molar-refractivity contribution in [3.8, 4) is 5.75 Å². The van der Waals surface area contributed by atoms with E-state index < -0.39 is 0 Å². The molecule has 1 atom stereocenters. The van der Waals surface area contributed by atoms with Crippen LogP contribution in [0.1, 0.15) is 38.8 Å². The van der Waals surface area contributed by atoms with Crippen molar-refractivity contribution in [2.45, 2.75) is 26.0 Å². The average molecular weight is 410 g/mol. The van der Waals surface area contributed by atoms with E-state index in [1.807, 2.05) is 61.7 Å². The van der Waals surface area contributed by atoms with Crippen molar-refractivity contribution in [3.05, 3.63) is 101 Å². The molecule has 5 heteroatoms. The van der Waals surface area contributed by atoms with Gasteiger partial charge < -0.3 is 9.72 Å². The topological polar surface area (TPSA) is 62.4 Å². The zero-order valence-electron chi connectivity index (χ0n) is 17.2. The Balaban J connectivity index is 1.37. The zero-order valence-corrected chi connectivity index (χ0v) is 17.2. The predicted molar refractivity (Wildman–Crippen MR) is 119 cm³/mol. The molecule has 0 saturated heterocycles. The first-order valence-corrected chi connectivity index (χ1v) is 10.4. The van der Waals surface area contributed by atoms with Crippen LogP contribution < -0.4 is 4.74 Å². The van der Waals surface area contributed by atoms with E-state index in [1.54, 1.807) is 24.3 Å². The Kier molecular flexibility index (Phi) is 4.79. The number of carbonyl (C=O) groups is 2. The van der Waals surface area contributed by atoms with Crippen LogP contribution in [0.4, 0.5) is 0 Å². The first-order valence-electron chi connectivity index (χ1n) is 10.4. The minimum absolute atomic E-state index is 0.222. The Labute approximate surface area is 180 Å². The van der Waals surface area contributed by atoms with Gasteiger partial charge in [-0.15, -0.1) is 0 Å². The molecule has 0 bridgehead atoms. The van der Waals surface area contributed by atoms with Gasteiger partial charge in [-0.2, -0.15) is 0 Å². The second-order valence-corrected chi connectivity index (χ2v) is 7.85. The molecule has 0 spiro atoms. The number of H-pyrrole nitrogens is 1. The molecule has 1 aliphatic heterocycles. The quantitative estimate of drug-likeness (QED) is 0.456. The summed E-state index contributed by atoms with van der Waals surface area (Å²) < 4.78 is 6.05. The van der Waals surface area contributed by atoms with Gasteiger partial charge in [-0.05, 0) is 42.7 Å². The molecule has 2 heterocycles. The van der Waals surface area contributed by atoms with Gasteiger partial charge >= 0.3 is 0 Å². The number of imide groups is 1. The molecule has 0 fully saturated rings. The Morgan fingerprint density at radius 3 is 2.26 bits per heavy atom. The standard InChI is InChI=1S/C26H22N2O3/c1-17(28-25(29)21-10-5-6-11-22(21)26(28)30)14-19-15-27-24-20(19)12-7-13-23(24)31-16-18-8-3-2-4-9-18/h2-13,15,17,27H,14,16H2,1H3/t17-/m1/s1. The average Bonchev–Trinajstić information content (AvgIpc) is 3.32. The summed E-state index contributed by atoms with van der Waals surface area (Å²) >= 11 is 0. The molecule has 2 amide bonds. The van der Waals surface area contributed by atoms with E-state index in [0.29, 0.717) is 24.2 Å². The molecule has 4 aromatic rings. The van der Waals surface area contributed by atoms with E-state index in [0.717, 1.165) is 27.8 Å². The summed E-state index contributed by atoms with van der Waals surface area (Å²) in [6, 6.07) is 22.7. The minimum atomic E-state index is -0.264. The molecular weight excluding hydrogens is 388 g/mol.